The second-order valence-electron chi connectivity index (χ2n) is 3.38. The number of nitrogens with zero attached hydrogens (tertiary/aromatic N) is 1. The number of ether oxygens (including phenoxy) is 1. The number of alkyl halides is 1. The first-order valence-corrected chi connectivity index (χ1v) is 6.11. The first kappa shape index (κ1) is 11.1. The summed E-state index contributed by atoms with van der Waals surface area (Å²) in [5.41, 5.74) is 3.21. The van der Waals surface area contributed by atoms with E-state index in [4.69, 9.17) is 4.74 Å². The van der Waals surface area contributed by atoms with E-state index in [2.05, 4.69) is 33.0 Å². The molecule has 1 heterocycles. The van der Waals surface area contributed by atoms with Crippen LogP contribution in [0, 0.1) is 0 Å². The highest BCUT2D eigenvalue weighted by Crippen LogP contribution is 2.32. The smallest absolute Gasteiger partial charge is 0.133 e. The molecule has 0 radical (unpaired) electrons. The Kier molecular flexibility index (Phi) is 3.57. The number of benzene rings is 1. The van der Waals surface area contributed by atoms with Crippen LogP contribution in [-0.2, 0) is 5.33 Å². The zero-order valence-corrected chi connectivity index (χ0v) is 10.6. The molecule has 82 valence electrons. The molecule has 0 N–H and O–H groups in total. The van der Waals surface area contributed by atoms with Gasteiger partial charge in [-0.1, -0.05) is 46.3 Å². The maximum Gasteiger partial charge on any atom is 0.133 e. The van der Waals surface area contributed by atoms with Gasteiger partial charge in [0.1, 0.15) is 5.75 Å². The quantitative estimate of drug-likeness (QED) is 0.799. The van der Waals surface area contributed by atoms with E-state index in [-0.39, 0.29) is 0 Å². The van der Waals surface area contributed by atoms with Crippen molar-refractivity contribution < 1.29 is 4.74 Å². The number of methoxy groups -OCH3 is 1. The molecule has 0 bridgehead atoms. The molecule has 0 fully saturated rings. The summed E-state index contributed by atoms with van der Waals surface area (Å²) >= 11 is 3.44. The highest BCUT2D eigenvalue weighted by Gasteiger charge is 2.10. The van der Waals surface area contributed by atoms with Gasteiger partial charge >= 0.3 is 0 Å². The fraction of sp³-hybridized carbons (Fsp3) is 0.154. The Morgan fingerprint density at radius 1 is 1.19 bits per heavy atom. The van der Waals surface area contributed by atoms with Gasteiger partial charge in [0.05, 0.1) is 7.11 Å². The Balaban J connectivity index is 2.57. The third kappa shape index (κ3) is 2.09. The SMILES string of the molecule is COc1c(CBr)cncc1-c1ccccc1. The van der Waals surface area contributed by atoms with Crippen LogP contribution in [0.1, 0.15) is 5.56 Å². The molecular weight excluding hydrogens is 266 g/mol. The number of aromatic nitrogens is 1. The van der Waals surface area contributed by atoms with Crippen LogP contribution >= 0.6 is 15.9 Å². The lowest BCUT2D eigenvalue weighted by atomic mass is 10.1. The average molecular weight is 278 g/mol. The monoisotopic (exact) mass is 277 g/mol. The van der Waals surface area contributed by atoms with Gasteiger partial charge in [-0.2, -0.15) is 0 Å². The maximum atomic E-state index is 5.45. The van der Waals surface area contributed by atoms with Crippen molar-refractivity contribution in [3.8, 4) is 16.9 Å². The Labute approximate surface area is 103 Å². The van der Waals surface area contributed by atoms with Crippen LogP contribution in [0.2, 0.25) is 0 Å². The van der Waals surface area contributed by atoms with Gasteiger partial charge in [-0.25, -0.2) is 0 Å². The molecule has 0 saturated carbocycles. The normalized spacial score (nSPS) is 10.1. The van der Waals surface area contributed by atoms with Gasteiger partial charge in [-0.15, -0.1) is 0 Å². The van der Waals surface area contributed by atoms with Crippen LogP contribution in [0.5, 0.6) is 5.75 Å². The van der Waals surface area contributed by atoms with E-state index in [0.717, 1.165) is 27.8 Å². The molecule has 2 aromatic rings. The molecule has 0 saturated heterocycles. The molecule has 0 spiro atoms. The van der Waals surface area contributed by atoms with Crippen molar-refractivity contribution in [2.45, 2.75) is 5.33 Å². The molecule has 0 amide bonds. The highest BCUT2D eigenvalue weighted by atomic mass is 79.9. The molecule has 0 aliphatic rings. The Morgan fingerprint density at radius 2 is 1.94 bits per heavy atom. The van der Waals surface area contributed by atoms with Crippen LogP contribution < -0.4 is 4.74 Å². The predicted octanol–water partition coefficient (Wildman–Crippen LogP) is 3.65. The van der Waals surface area contributed by atoms with Crippen LogP contribution in [0.15, 0.2) is 42.7 Å². The van der Waals surface area contributed by atoms with Crippen molar-refractivity contribution in [2.75, 3.05) is 7.11 Å². The van der Waals surface area contributed by atoms with Crippen molar-refractivity contribution in [3.63, 3.8) is 0 Å². The number of rotatable bonds is 3. The maximum absolute atomic E-state index is 5.45. The van der Waals surface area contributed by atoms with E-state index in [9.17, 15) is 0 Å². The largest absolute Gasteiger partial charge is 0.496 e. The topological polar surface area (TPSA) is 22.1 Å². The van der Waals surface area contributed by atoms with Crippen LogP contribution in [0.25, 0.3) is 11.1 Å². The van der Waals surface area contributed by atoms with Crippen LogP contribution in [-0.4, -0.2) is 12.1 Å². The Hall–Kier alpha value is -1.35. The summed E-state index contributed by atoms with van der Waals surface area (Å²) in [5, 5.41) is 0.740. The van der Waals surface area contributed by atoms with E-state index in [0.29, 0.717) is 0 Å². The van der Waals surface area contributed by atoms with Crippen molar-refractivity contribution in [2.24, 2.45) is 0 Å². The second kappa shape index (κ2) is 5.12. The summed E-state index contributed by atoms with van der Waals surface area (Å²) in [6.07, 6.45) is 3.65. The molecule has 2 nitrogen and oxygen atoms in total. The standard InChI is InChI=1S/C13H12BrNO/c1-16-13-11(7-14)8-15-9-12(13)10-5-3-2-4-6-10/h2-6,8-9H,7H2,1H3. The van der Waals surface area contributed by atoms with Gasteiger partial charge < -0.3 is 4.74 Å². The van der Waals surface area contributed by atoms with Crippen molar-refractivity contribution in [1.29, 1.82) is 0 Å². The molecular formula is C13H12BrNO. The lowest BCUT2D eigenvalue weighted by molar-refractivity contribution is 0.412. The van der Waals surface area contributed by atoms with Gasteiger partial charge in [-0.3, -0.25) is 4.98 Å². The van der Waals surface area contributed by atoms with Gasteiger partial charge in [0.25, 0.3) is 0 Å². The summed E-state index contributed by atoms with van der Waals surface area (Å²) in [4.78, 5) is 4.23. The molecule has 1 aromatic heterocycles. The Bertz CT molecular complexity index is 471. The molecule has 3 heteroatoms. The number of halogens is 1. The van der Waals surface area contributed by atoms with Gasteiger partial charge in [0.15, 0.2) is 0 Å². The molecule has 0 aliphatic heterocycles. The minimum Gasteiger partial charge on any atom is -0.496 e. The van der Waals surface area contributed by atoms with E-state index in [1.807, 2.05) is 30.6 Å². The summed E-state index contributed by atoms with van der Waals surface area (Å²) in [6.45, 7) is 0. The van der Waals surface area contributed by atoms with Gasteiger partial charge in [0.2, 0.25) is 0 Å². The third-order valence-corrected chi connectivity index (χ3v) is 3.01. The fourth-order valence-corrected chi connectivity index (χ4v) is 2.05. The third-order valence-electron chi connectivity index (χ3n) is 2.40. The summed E-state index contributed by atoms with van der Waals surface area (Å²) < 4.78 is 5.45. The van der Waals surface area contributed by atoms with Crippen molar-refractivity contribution in [1.82, 2.24) is 4.98 Å². The molecule has 1 aromatic carbocycles. The molecule has 0 unspecified atom stereocenters. The number of hydrogen-bond donors (Lipinski definition) is 0. The van der Waals surface area contributed by atoms with E-state index in [1.54, 1.807) is 7.11 Å². The van der Waals surface area contributed by atoms with Gasteiger partial charge in [-0.05, 0) is 5.56 Å². The van der Waals surface area contributed by atoms with Crippen molar-refractivity contribution >= 4 is 15.9 Å². The Morgan fingerprint density at radius 3 is 2.56 bits per heavy atom. The lowest BCUT2D eigenvalue weighted by Crippen LogP contribution is -1.94. The summed E-state index contributed by atoms with van der Waals surface area (Å²) in [7, 11) is 1.69. The van der Waals surface area contributed by atoms with E-state index in [1.165, 1.54) is 0 Å². The average Bonchev–Trinajstić information content (AvgIpc) is 2.38. The number of pyridine rings is 1. The molecule has 0 atom stereocenters. The van der Waals surface area contributed by atoms with Crippen molar-refractivity contribution in [3.05, 3.63) is 48.3 Å². The number of hydrogen-bond acceptors (Lipinski definition) is 2. The minimum atomic E-state index is 0.740. The fourth-order valence-electron chi connectivity index (χ4n) is 1.65. The van der Waals surface area contributed by atoms with E-state index < -0.39 is 0 Å². The van der Waals surface area contributed by atoms with Crippen LogP contribution in [0.3, 0.4) is 0 Å². The molecule has 2 rings (SSSR count). The van der Waals surface area contributed by atoms with Gasteiger partial charge in [0, 0.05) is 28.9 Å². The zero-order chi connectivity index (χ0) is 11.4. The summed E-state index contributed by atoms with van der Waals surface area (Å²) in [6, 6.07) is 10.1. The first-order valence-electron chi connectivity index (χ1n) is 4.99. The molecule has 16 heavy (non-hydrogen) atoms. The second-order valence-corrected chi connectivity index (χ2v) is 3.94. The first-order chi connectivity index (χ1) is 7.86. The van der Waals surface area contributed by atoms with Crippen LogP contribution in [0.4, 0.5) is 0 Å². The lowest BCUT2D eigenvalue weighted by Gasteiger charge is -2.11. The summed E-state index contributed by atoms with van der Waals surface area (Å²) in [5.74, 6) is 0.887. The highest BCUT2D eigenvalue weighted by molar-refractivity contribution is 9.08. The predicted molar refractivity (Wildman–Crippen MR) is 68.9 cm³/mol. The minimum absolute atomic E-state index is 0.740. The molecule has 0 aliphatic carbocycles. The van der Waals surface area contributed by atoms with E-state index >= 15 is 0 Å². The zero-order valence-electron chi connectivity index (χ0n) is 8.98.